The Balaban J connectivity index is 1.52. The van der Waals surface area contributed by atoms with Gasteiger partial charge in [-0.3, -0.25) is 4.79 Å². The topological polar surface area (TPSA) is 36.7 Å². The second-order valence-corrected chi connectivity index (χ2v) is 9.20. The zero-order valence-corrected chi connectivity index (χ0v) is 17.9. The molecule has 0 aliphatic carbocycles. The van der Waals surface area contributed by atoms with E-state index in [1.807, 2.05) is 31.1 Å². The molecule has 158 valence electrons. The van der Waals surface area contributed by atoms with Crippen LogP contribution in [0.3, 0.4) is 0 Å². The van der Waals surface area contributed by atoms with E-state index in [-0.39, 0.29) is 11.3 Å². The summed E-state index contributed by atoms with van der Waals surface area (Å²) in [6.07, 6.45) is -4.36. The molecule has 3 rings (SSSR count). The fraction of sp³-hybridized carbons (Fsp3) is 0.450. The summed E-state index contributed by atoms with van der Waals surface area (Å²) in [5, 5.41) is -0.235. The lowest BCUT2D eigenvalue weighted by molar-refractivity contribution is -0.137. The Hall–Kier alpha value is -1.58. The molecule has 0 spiro atoms. The standard InChI is InChI=1S/C20H23F3N2O2S2/c1-24(2)11-16-7-8-17(27-16)12-28-10-9-25-18(26)13-29-19(25)14-3-5-15(6-4-14)20(21,22)23/h3-8,19H,9-13H2,1-2H3. The van der Waals surface area contributed by atoms with Gasteiger partial charge < -0.3 is 14.2 Å². The summed E-state index contributed by atoms with van der Waals surface area (Å²) in [7, 11) is 3.96. The largest absolute Gasteiger partial charge is 0.464 e. The van der Waals surface area contributed by atoms with Gasteiger partial charge in [-0.15, -0.1) is 11.8 Å². The van der Waals surface area contributed by atoms with Crippen molar-refractivity contribution in [2.75, 3.05) is 32.1 Å². The van der Waals surface area contributed by atoms with Crippen molar-refractivity contribution >= 4 is 29.4 Å². The average Bonchev–Trinajstić information content (AvgIpc) is 3.24. The van der Waals surface area contributed by atoms with E-state index in [9.17, 15) is 18.0 Å². The van der Waals surface area contributed by atoms with Crippen molar-refractivity contribution in [1.82, 2.24) is 9.80 Å². The highest BCUT2D eigenvalue weighted by molar-refractivity contribution is 8.00. The quantitative estimate of drug-likeness (QED) is 0.543. The number of rotatable bonds is 8. The molecule has 0 radical (unpaired) electrons. The van der Waals surface area contributed by atoms with Crippen LogP contribution in [0.5, 0.6) is 0 Å². The molecule has 9 heteroatoms. The van der Waals surface area contributed by atoms with E-state index in [2.05, 4.69) is 0 Å². The number of hydrogen-bond acceptors (Lipinski definition) is 5. The molecule has 1 fully saturated rings. The Morgan fingerprint density at radius 1 is 1.17 bits per heavy atom. The highest BCUT2D eigenvalue weighted by Crippen LogP contribution is 2.39. The van der Waals surface area contributed by atoms with Gasteiger partial charge in [0.25, 0.3) is 0 Å². The zero-order valence-electron chi connectivity index (χ0n) is 16.2. The maximum atomic E-state index is 12.8. The van der Waals surface area contributed by atoms with E-state index in [0.717, 1.165) is 41.5 Å². The minimum atomic E-state index is -4.36. The second-order valence-electron chi connectivity index (χ2n) is 7.03. The van der Waals surface area contributed by atoms with Gasteiger partial charge in [-0.05, 0) is 43.9 Å². The number of nitrogens with zero attached hydrogens (tertiary/aromatic N) is 2. The molecule has 1 aliphatic heterocycles. The van der Waals surface area contributed by atoms with Gasteiger partial charge in [0, 0.05) is 12.3 Å². The molecule has 1 aromatic carbocycles. The third kappa shape index (κ3) is 5.96. The Bertz CT molecular complexity index is 822. The molecule has 1 saturated heterocycles. The van der Waals surface area contributed by atoms with Crippen molar-refractivity contribution in [3.05, 3.63) is 59.0 Å². The van der Waals surface area contributed by atoms with Gasteiger partial charge in [-0.2, -0.15) is 24.9 Å². The molecule has 0 bridgehead atoms. The van der Waals surface area contributed by atoms with Crippen molar-refractivity contribution in [3.63, 3.8) is 0 Å². The predicted molar refractivity (Wildman–Crippen MR) is 111 cm³/mol. The van der Waals surface area contributed by atoms with Crippen LogP contribution >= 0.6 is 23.5 Å². The van der Waals surface area contributed by atoms with Crippen LogP contribution in [0.15, 0.2) is 40.8 Å². The summed E-state index contributed by atoms with van der Waals surface area (Å²) in [6, 6.07) is 9.02. The van der Waals surface area contributed by atoms with Gasteiger partial charge in [0.15, 0.2) is 0 Å². The lowest BCUT2D eigenvalue weighted by atomic mass is 10.1. The molecule has 0 N–H and O–H groups in total. The summed E-state index contributed by atoms with van der Waals surface area (Å²) in [5.74, 6) is 3.63. The SMILES string of the molecule is CN(C)Cc1ccc(CSCCN2C(=O)CSC2c2ccc(C(F)(F)F)cc2)o1. The molecule has 1 aliphatic rings. The normalized spacial score (nSPS) is 17.5. The zero-order chi connectivity index (χ0) is 21.0. The van der Waals surface area contributed by atoms with Gasteiger partial charge in [0.05, 0.1) is 23.6 Å². The van der Waals surface area contributed by atoms with Gasteiger partial charge in [0.1, 0.15) is 16.9 Å². The molecular formula is C20H23F3N2O2S2. The van der Waals surface area contributed by atoms with Crippen molar-refractivity contribution in [2.24, 2.45) is 0 Å². The molecule has 29 heavy (non-hydrogen) atoms. The van der Waals surface area contributed by atoms with Crippen LogP contribution in [0, 0.1) is 0 Å². The number of carbonyl (C=O) groups excluding carboxylic acids is 1. The molecule has 1 aromatic heterocycles. The van der Waals surface area contributed by atoms with Crippen LogP contribution in [-0.2, 0) is 23.3 Å². The number of thioether (sulfide) groups is 2. The molecule has 2 heterocycles. The van der Waals surface area contributed by atoms with E-state index >= 15 is 0 Å². The smallest absolute Gasteiger partial charge is 0.416 e. The molecule has 1 amide bonds. The van der Waals surface area contributed by atoms with Gasteiger partial charge in [-0.25, -0.2) is 0 Å². The first-order valence-electron chi connectivity index (χ1n) is 9.12. The lowest BCUT2D eigenvalue weighted by Crippen LogP contribution is -2.30. The third-order valence-electron chi connectivity index (χ3n) is 4.40. The highest BCUT2D eigenvalue weighted by atomic mass is 32.2. The van der Waals surface area contributed by atoms with Crippen molar-refractivity contribution < 1.29 is 22.4 Å². The Morgan fingerprint density at radius 3 is 2.52 bits per heavy atom. The minimum Gasteiger partial charge on any atom is -0.464 e. The number of amides is 1. The Labute approximate surface area is 176 Å². The van der Waals surface area contributed by atoms with Crippen LogP contribution in [0.1, 0.15) is 28.0 Å². The van der Waals surface area contributed by atoms with Crippen LogP contribution in [0.25, 0.3) is 0 Å². The van der Waals surface area contributed by atoms with E-state index in [1.54, 1.807) is 16.7 Å². The lowest BCUT2D eigenvalue weighted by Gasteiger charge is -2.24. The van der Waals surface area contributed by atoms with Gasteiger partial charge in [-0.1, -0.05) is 12.1 Å². The summed E-state index contributed by atoms with van der Waals surface area (Å²) < 4.78 is 44.1. The van der Waals surface area contributed by atoms with Gasteiger partial charge in [0.2, 0.25) is 5.91 Å². The van der Waals surface area contributed by atoms with Crippen LogP contribution in [0.2, 0.25) is 0 Å². The molecule has 2 aromatic rings. The van der Waals surface area contributed by atoms with E-state index < -0.39 is 11.7 Å². The number of carbonyl (C=O) groups is 1. The second kappa shape index (κ2) is 9.49. The summed E-state index contributed by atoms with van der Waals surface area (Å²) in [5.41, 5.74) is 0.0444. The van der Waals surface area contributed by atoms with Crippen LogP contribution in [0.4, 0.5) is 13.2 Å². The highest BCUT2D eigenvalue weighted by Gasteiger charge is 2.34. The predicted octanol–water partition coefficient (Wildman–Crippen LogP) is 4.87. The first-order valence-corrected chi connectivity index (χ1v) is 11.3. The van der Waals surface area contributed by atoms with Crippen molar-refractivity contribution in [3.8, 4) is 0 Å². The Morgan fingerprint density at radius 2 is 1.86 bits per heavy atom. The maximum Gasteiger partial charge on any atom is 0.416 e. The number of halogens is 3. The third-order valence-corrected chi connectivity index (χ3v) is 6.62. The summed E-state index contributed by atoms with van der Waals surface area (Å²) >= 11 is 3.12. The fourth-order valence-corrected chi connectivity index (χ4v) is 5.09. The fourth-order valence-electron chi connectivity index (χ4n) is 3.04. The van der Waals surface area contributed by atoms with Crippen LogP contribution in [-0.4, -0.2) is 47.9 Å². The van der Waals surface area contributed by atoms with Crippen molar-refractivity contribution in [1.29, 1.82) is 0 Å². The molecule has 0 saturated carbocycles. The van der Waals surface area contributed by atoms with E-state index in [4.69, 9.17) is 4.42 Å². The first-order chi connectivity index (χ1) is 13.7. The number of furan rings is 1. The molecular weight excluding hydrogens is 421 g/mol. The first kappa shape index (κ1) is 22.1. The number of alkyl halides is 3. The summed E-state index contributed by atoms with van der Waals surface area (Å²) in [6.45, 7) is 1.30. The monoisotopic (exact) mass is 444 g/mol. The summed E-state index contributed by atoms with van der Waals surface area (Å²) in [4.78, 5) is 16.0. The van der Waals surface area contributed by atoms with Gasteiger partial charge >= 0.3 is 6.18 Å². The Kier molecular flexibility index (Phi) is 7.23. The molecule has 4 nitrogen and oxygen atoms in total. The van der Waals surface area contributed by atoms with E-state index in [1.165, 1.54) is 23.9 Å². The maximum absolute atomic E-state index is 12.8. The number of benzene rings is 1. The molecule has 1 atom stereocenters. The van der Waals surface area contributed by atoms with E-state index in [0.29, 0.717) is 18.1 Å². The van der Waals surface area contributed by atoms with Crippen molar-refractivity contribution in [2.45, 2.75) is 23.8 Å². The molecule has 1 unspecified atom stereocenters. The van der Waals surface area contributed by atoms with Crippen LogP contribution < -0.4 is 0 Å². The number of hydrogen-bond donors (Lipinski definition) is 0. The average molecular weight is 445 g/mol. The minimum absolute atomic E-state index is 0.0202.